The molecule has 0 radical (unpaired) electrons. The van der Waals surface area contributed by atoms with Crippen LogP contribution in [0.1, 0.15) is 48.3 Å². The molecule has 1 N–H and O–H groups in total. The maximum Gasteiger partial charge on any atom is 0.255 e. The quantitative estimate of drug-likeness (QED) is 0.427. The Morgan fingerprint density at radius 3 is 2.40 bits per heavy atom. The molecule has 1 heterocycles. The minimum Gasteiger partial charge on any atom is -0.496 e. The lowest BCUT2D eigenvalue weighted by Crippen LogP contribution is -2.31. The molecule has 1 aromatic heterocycles. The monoisotopic (exact) mass is 497 g/mol. The lowest BCUT2D eigenvalue weighted by atomic mass is 10.1. The largest absolute Gasteiger partial charge is 0.496 e. The Bertz CT molecular complexity index is 1230. The van der Waals surface area contributed by atoms with Crippen LogP contribution in [0, 0.1) is 0 Å². The first-order valence-electron chi connectivity index (χ1n) is 11.4. The number of ether oxygens (including phenoxy) is 2. The van der Waals surface area contributed by atoms with E-state index in [1.165, 1.54) is 29.6 Å². The van der Waals surface area contributed by atoms with Crippen molar-refractivity contribution < 1.29 is 22.7 Å². The van der Waals surface area contributed by atoms with Crippen LogP contribution in [0.5, 0.6) is 11.5 Å². The van der Waals surface area contributed by atoms with E-state index < -0.39 is 15.9 Å². The first-order chi connectivity index (χ1) is 16.8. The van der Waals surface area contributed by atoms with Gasteiger partial charge in [-0.15, -0.1) is 0 Å². The molecule has 1 atom stereocenters. The van der Waals surface area contributed by atoms with Crippen molar-refractivity contribution in [1.82, 2.24) is 14.6 Å². The van der Waals surface area contributed by atoms with E-state index in [4.69, 9.17) is 9.47 Å². The Labute approximate surface area is 207 Å². The summed E-state index contributed by atoms with van der Waals surface area (Å²) in [5.74, 6) is 0.572. The predicted octanol–water partition coefficient (Wildman–Crippen LogP) is 4.19. The van der Waals surface area contributed by atoms with Crippen molar-refractivity contribution in [3.63, 3.8) is 0 Å². The fraction of sp³-hybridized carbons (Fsp3) is 0.308. The van der Waals surface area contributed by atoms with Gasteiger partial charge in [0.25, 0.3) is 5.91 Å². The molecule has 186 valence electrons. The number of carbonyl (C=O) groups is 1. The van der Waals surface area contributed by atoms with Gasteiger partial charge in [0.05, 0.1) is 23.6 Å². The summed E-state index contributed by atoms with van der Waals surface area (Å²) in [6, 6.07) is 15.2. The van der Waals surface area contributed by atoms with E-state index in [-0.39, 0.29) is 16.5 Å². The van der Waals surface area contributed by atoms with Gasteiger partial charge in [0, 0.05) is 31.0 Å². The van der Waals surface area contributed by atoms with Crippen LogP contribution >= 0.6 is 0 Å². The molecule has 0 saturated carbocycles. The Kier molecular flexibility index (Phi) is 8.84. The van der Waals surface area contributed by atoms with Crippen LogP contribution in [0.25, 0.3) is 0 Å². The summed E-state index contributed by atoms with van der Waals surface area (Å²) in [6.45, 7) is 6.49. The Balaban J connectivity index is 1.72. The molecule has 3 aromatic rings. The summed E-state index contributed by atoms with van der Waals surface area (Å²) in [6.07, 6.45) is 3.46. The van der Waals surface area contributed by atoms with Crippen molar-refractivity contribution in [2.45, 2.75) is 38.3 Å². The fourth-order valence-corrected chi connectivity index (χ4v) is 5.08. The van der Waals surface area contributed by atoms with Crippen LogP contribution in [-0.2, 0) is 16.6 Å². The van der Waals surface area contributed by atoms with Crippen molar-refractivity contribution in [3.05, 3.63) is 83.7 Å². The number of nitrogens with zero attached hydrogens (tertiary/aromatic N) is 2. The smallest absolute Gasteiger partial charge is 0.255 e. The van der Waals surface area contributed by atoms with Crippen LogP contribution in [-0.4, -0.2) is 43.8 Å². The number of hydrogen-bond donors (Lipinski definition) is 1. The van der Waals surface area contributed by atoms with Crippen molar-refractivity contribution in [3.8, 4) is 11.5 Å². The van der Waals surface area contributed by atoms with Gasteiger partial charge in [-0.05, 0) is 48.9 Å². The molecular weight excluding hydrogens is 466 g/mol. The highest BCUT2D eigenvalue weighted by Gasteiger charge is 2.25. The van der Waals surface area contributed by atoms with E-state index in [9.17, 15) is 13.2 Å². The normalized spacial score (nSPS) is 12.3. The fourth-order valence-electron chi connectivity index (χ4n) is 3.60. The highest BCUT2D eigenvalue weighted by atomic mass is 32.2. The van der Waals surface area contributed by atoms with E-state index >= 15 is 0 Å². The van der Waals surface area contributed by atoms with Gasteiger partial charge in [0.15, 0.2) is 0 Å². The van der Waals surface area contributed by atoms with Crippen LogP contribution < -0.4 is 14.8 Å². The van der Waals surface area contributed by atoms with Crippen LogP contribution in [0.2, 0.25) is 0 Å². The number of benzene rings is 2. The average Bonchev–Trinajstić information content (AvgIpc) is 2.88. The first-order valence-corrected chi connectivity index (χ1v) is 12.8. The number of hydrogen-bond acceptors (Lipinski definition) is 6. The highest BCUT2D eigenvalue weighted by molar-refractivity contribution is 7.89. The number of pyridine rings is 1. The van der Waals surface area contributed by atoms with Gasteiger partial charge in [-0.3, -0.25) is 9.78 Å². The number of nitrogens with one attached hydrogen (secondary N) is 1. The molecule has 9 heteroatoms. The average molecular weight is 498 g/mol. The zero-order chi connectivity index (χ0) is 25.4. The zero-order valence-corrected chi connectivity index (χ0v) is 21.2. The number of amides is 1. The summed E-state index contributed by atoms with van der Waals surface area (Å²) in [4.78, 5) is 17.2. The first kappa shape index (κ1) is 26.2. The standard InChI is InChI=1S/C26H31N3O5S/c1-5-29(6-2)35(31,32)23-13-14-25(33-4)24(16-23)26(30)28-19(3)21-9-11-22(12-10-21)34-18-20-8-7-15-27-17-20/h7-17,19H,5-6,18H2,1-4H3,(H,28,30). The second-order valence-corrected chi connectivity index (χ2v) is 9.80. The predicted molar refractivity (Wildman–Crippen MR) is 134 cm³/mol. The molecular formula is C26H31N3O5S. The summed E-state index contributed by atoms with van der Waals surface area (Å²) in [5.41, 5.74) is 2.00. The van der Waals surface area contributed by atoms with Crippen LogP contribution in [0.3, 0.4) is 0 Å². The molecule has 0 aliphatic carbocycles. The third-order valence-corrected chi connectivity index (χ3v) is 7.66. The maximum absolute atomic E-state index is 13.1. The van der Waals surface area contributed by atoms with E-state index in [2.05, 4.69) is 10.3 Å². The van der Waals surface area contributed by atoms with Gasteiger partial charge < -0.3 is 14.8 Å². The van der Waals surface area contributed by atoms with Gasteiger partial charge in [0.2, 0.25) is 10.0 Å². The molecule has 1 amide bonds. The molecule has 0 bridgehead atoms. The second-order valence-electron chi connectivity index (χ2n) is 7.87. The lowest BCUT2D eigenvalue weighted by Gasteiger charge is -2.20. The number of aromatic nitrogens is 1. The second kappa shape index (κ2) is 11.8. The molecule has 8 nitrogen and oxygen atoms in total. The molecule has 35 heavy (non-hydrogen) atoms. The SMILES string of the molecule is CCN(CC)S(=O)(=O)c1ccc(OC)c(C(=O)NC(C)c2ccc(OCc3cccnc3)cc2)c1. The Morgan fingerprint density at radius 1 is 1.09 bits per heavy atom. The summed E-state index contributed by atoms with van der Waals surface area (Å²) in [5, 5.41) is 2.92. The third kappa shape index (κ3) is 6.37. The van der Waals surface area contributed by atoms with Gasteiger partial charge in [-0.25, -0.2) is 8.42 Å². The molecule has 0 aliphatic rings. The van der Waals surface area contributed by atoms with Crippen LogP contribution in [0.15, 0.2) is 71.9 Å². The maximum atomic E-state index is 13.1. The molecule has 0 aliphatic heterocycles. The Morgan fingerprint density at radius 2 is 1.80 bits per heavy atom. The lowest BCUT2D eigenvalue weighted by molar-refractivity contribution is 0.0936. The molecule has 0 fully saturated rings. The molecule has 2 aromatic carbocycles. The number of carbonyl (C=O) groups excluding carboxylic acids is 1. The van der Waals surface area contributed by atoms with E-state index in [1.807, 2.05) is 43.3 Å². The number of sulfonamides is 1. The summed E-state index contributed by atoms with van der Waals surface area (Å²) in [7, 11) is -2.27. The minimum atomic E-state index is -3.71. The van der Waals surface area contributed by atoms with Gasteiger partial charge in [-0.2, -0.15) is 4.31 Å². The molecule has 1 unspecified atom stereocenters. The van der Waals surface area contributed by atoms with Crippen molar-refractivity contribution in [2.75, 3.05) is 20.2 Å². The van der Waals surface area contributed by atoms with E-state index in [0.29, 0.717) is 31.2 Å². The summed E-state index contributed by atoms with van der Waals surface area (Å²) >= 11 is 0. The molecule has 0 spiro atoms. The summed E-state index contributed by atoms with van der Waals surface area (Å²) < 4.78 is 38.3. The van der Waals surface area contributed by atoms with Crippen molar-refractivity contribution in [2.24, 2.45) is 0 Å². The highest BCUT2D eigenvalue weighted by Crippen LogP contribution is 2.26. The zero-order valence-electron chi connectivity index (χ0n) is 20.4. The van der Waals surface area contributed by atoms with Crippen LogP contribution in [0.4, 0.5) is 0 Å². The van der Waals surface area contributed by atoms with E-state index in [0.717, 1.165) is 11.1 Å². The van der Waals surface area contributed by atoms with Gasteiger partial charge in [-0.1, -0.05) is 32.0 Å². The Hall–Kier alpha value is -3.43. The molecule has 0 saturated heterocycles. The van der Waals surface area contributed by atoms with Crippen molar-refractivity contribution >= 4 is 15.9 Å². The third-order valence-electron chi connectivity index (χ3n) is 5.61. The van der Waals surface area contributed by atoms with E-state index in [1.54, 1.807) is 26.2 Å². The van der Waals surface area contributed by atoms with Gasteiger partial charge >= 0.3 is 0 Å². The topological polar surface area (TPSA) is 97.8 Å². The minimum absolute atomic E-state index is 0.0509. The number of methoxy groups -OCH3 is 1. The van der Waals surface area contributed by atoms with Gasteiger partial charge in [0.1, 0.15) is 18.1 Å². The molecule has 3 rings (SSSR count). The number of rotatable bonds is 11. The van der Waals surface area contributed by atoms with Crippen molar-refractivity contribution in [1.29, 1.82) is 0 Å².